The molecule has 0 aromatic heterocycles. The first-order valence-corrected chi connectivity index (χ1v) is 6.52. The minimum atomic E-state index is -0.0528. The summed E-state index contributed by atoms with van der Waals surface area (Å²) in [4.78, 5) is 11.2. The van der Waals surface area contributed by atoms with Crippen LogP contribution in [0.25, 0.3) is 0 Å². The molecule has 16 heavy (non-hydrogen) atoms. The van der Waals surface area contributed by atoms with Gasteiger partial charge >= 0.3 is 0 Å². The number of ketones is 1. The number of unbranched alkanes of at least 4 members (excludes halogenated alkanes) is 4. The Morgan fingerprint density at radius 1 is 1.00 bits per heavy atom. The van der Waals surface area contributed by atoms with Gasteiger partial charge in [-0.1, -0.05) is 51.7 Å². The highest BCUT2D eigenvalue weighted by atomic mass is 16.1. The van der Waals surface area contributed by atoms with Gasteiger partial charge in [0.15, 0.2) is 5.78 Å². The molecule has 0 saturated carbocycles. The molecule has 0 heterocycles. The fourth-order valence-electron chi connectivity index (χ4n) is 1.72. The molecule has 91 valence electrons. The van der Waals surface area contributed by atoms with Gasteiger partial charge in [-0.05, 0) is 37.8 Å². The number of hydrogen-bond acceptors (Lipinski definition) is 1. The molecule has 1 heteroatoms. The van der Waals surface area contributed by atoms with E-state index in [1.165, 1.54) is 44.1 Å². The lowest BCUT2D eigenvalue weighted by atomic mass is 10.00. The lowest BCUT2D eigenvalue weighted by Gasteiger charge is -2.06. The predicted octanol–water partition coefficient (Wildman–Crippen LogP) is 4.63. The van der Waals surface area contributed by atoms with Crippen LogP contribution in [-0.2, 0) is 4.79 Å². The van der Waals surface area contributed by atoms with Crippen LogP contribution < -0.4 is 0 Å². The first-order chi connectivity index (χ1) is 7.74. The summed E-state index contributed by atoms with van der Waals surface area (Å²) in [6.07, 6.45) is 12.3. The van der Waals surface area contributed by atoms with Crippen LogP contribution in [0, 0.1) is 6.58 Å². The van der Waals surface area contributed by atoms with Gasteiger partial charge in [-0.2, -0.15) is 0 Å². The van der Waals surface area contributed by atoms with Crippen molar-refractivity contribution >= 4 is 5.78 Å². The van der Waals surface area contributed by atoms with Crippen LogP contribution in [0.2, 0.25) is 0 Å². The van der Waals surface area contributed by atoms with E-state index in [0.717, 1.165) is 18.9 Å². The highest BCUT2D eigenvalue weighted by Crippen LogP contribution is 2.16. The molecule has 0 unspecified atom stereocenters. The summed E-state index contributed by atoms with van der Waals surface area (Å²) in [5, 5.41) is 0. The highest BCUT2D eigenvalue weighted by molar-refractivity contribution is 5.98. The number of carbonyl (C=O) groups excluding carboxylic acids is 1. The molecule has 1 radical (unpaired) electrons. The van der Waals surface area contributed by atoms with E-state index in [1.807, 2.05) is 0 Å². The van der Waals surface area contributed by atoms with Crippen molar-refractivity contribution in [2.75, 3.05) is 0 Å². The van der Waals surface area contributed by atoms with Crippen molar-refractivity contribution in [2.45, 2.75) is 65.2 Å². The molecule has 0 saturated heterocycles. The van der Waals surface area contributed by atoms with Crippen molar-refractivity contribution in [1.29, 1.82) is 0 Å². The Hall–Kier alpha value is -0.850. The summed E-state index contributed by atoms with van der Waals surface area (Å²) < 4.78 is 0. The van der Waals surface area contributed by atoms with E-state index in [2.05, 4.69) is 13.8 Å². The molecule has 0 bridgehead atoms. The molecule has 0 amide bonds. The standard InChI is InChI=1S/C15H25O/c1-4-7-9-11-14(12-10-8-5-2)13-15(16)6-3/h3,6,13H,4-5,7-12H2,1-2H3. The predicted molar refractivity (Wildman–Crippen MR) is 70.2 cm³/mol. The fraction of sp³-hybridized carbons (Fsp3) is 0.667. The van der Waals surface area contributed by atoms with Crippen LogP contribution in [0.3, 0.4) is 0 Å². The SMILES string of the molecule is [CH]=CC(=O)C=C(CCCCC)CCCCC. The maximum Gasteiger partial charge on any atom is 0.178 e. The Bertz CT molecular complexity index is 214. The van der Waals surface area contributed by atoms with Crippen LogP contribution in [0.1, 0.15) is 65.2 Å². The first-order valence-electron chi connectivity index (χ1n) is 6.52. The minimum absolute atomic E-state index is 0.0528. The highest BCUT2D eigenvalue weighted by Gasteiger charge is 2.00. The van der Waals surface area contributed by atoms with Gasteiger partial charge in [0.2, 0.25) is 0 Å². The third kappa shape index (κ3) is 8.46. The van der Waals surface area contributed by atoms with Gasteiger partial charge in [0.1, 0.15) is 0 Å². The Morgan fingerprint density at radius 2 is 1.50 bits per heavy atom. The monoisotopic (exact) mass is 221 g/mol. The van der Waals surface area contributed by atoms with Gasteiger partial charge in [-0.15, -0.1) is 0 Å². The van der Waals surface area contributed by atoms with E-state index >= 15 is 0 Å². The van der Waals surface area contributed by atoms with Crippen molar-refractivity contribution in [3.05, 3.63) is 24.3 Å². The molecule has 0 fully saturated rings. The molecule has 0 aliphatic heterocycles. The second-order valence-electron chi connectivity index (χ2n) is 4.29. The van der Waals surface area contributed by atoms with Crippen LogP contribution in [0.4, 0.5) is 0 Å². The van der Waals surface area contributed by atoms with E-state index in [0.29, 0.717) is 0 Å². The maximum absolute atomic E-state index is 11.2. The first kappa shape index (κ1) is 15.2. The smallest absolute Gasteiger partial charge is 0.178 e. The molecule has 0 N–H and O–H groups in total. The third-order valence-electron chi connectivity index (χ3n) is 2.71. The molecule has 0 aromatic rings. The van der Waals surface area contributed by atoms with Crippen molar-refractivity contribution in [1.82, 2.24) is 0 Å². The summed E-state index contributed by atoms with van der Waals surface area (Å²) in [7, 11) is 0. The van der Waals surface area contributed by atoms with Crippen LogP contribution in [0.5, 0.6) is 0 Å². The van der Waals surface area contributed by atoms with Crippen LogP contribution in [0.15, 0.2) is 17.7 Å². The van der Waals surface area contributed by atoms with E-state index in [1.54, 1.807) is 6.08 Å². The lowest BCUT2D eigenvalue weighted by Crippen LogP contribution is -1.92. The Kier molecular flexibility index (Phi) is 10.1. The number of hydrogen-bond donors (Lipinski definition) is 0. The third-order valence-corrected chi connectivity index (χ3v) is 2.71. The van der Waals surface area contributed by atoms with Crippen LogP contribution in [-0.4, -0.2) is 5.78 Å². The second kappa shape index (κ2) is 10.7. The molecule has 0 rings (SSSR count). The van der Waals surface area contributed by atoms with E-state index in [4.69, 9.17) is 6.58 Å². The fourth-order valence-corrected chi connectivity index (χ4v) is 1.72. The van der Waals surface area contributed by atoms with E-state index in [9.17, 15) is 4.79 Å². The zero-order chi connectivity index (χ0) is 12.2. The normalized spacial score (nSPS) is 9.88. The van der Waals surface area contributed by atoms with Crippen molar-refractivity contribution < 1.29 is 4.79 Å². The van der Waals surface area contributed by atoms with Gasteiger partial charge in [-0.25, -0.2) is 0 Å². The van der Waals surface area contributed by atoms with Crippen molar-refractivity contribution in [3.63, 3.8) is 0 Å². The van der Waals surface area contributed by atoms with E-state index < -0.39 is 0 Å². The average molecular weight is 221 g/mol. The van der Waals surface area contributed by atoms with Crippen molar-refractivity contribution in [3.8, 4) is 0 Å². The average Bonchev–Trinajstić information content (AvgIpc) is 2.29. The summed E-state index contributed by atoms with van der Waals surface area (Å²) in [6.45, 7) is 9.60. The van der Waals surface area contributed by atoms with Gasteiger partial charge in [0.25, 0.3) is 0 Å². The summed E-state index contributed by atoms with van der Waals surface area (Å²) in [5.41, 5.74) is 1.27. The van der Waals surface area contributed by atoms with Crippen LogP contribution >= 0.6 is 0 Å². The molecule has 0 atom stereocenters. The van der Waals surface area contributed by atoms with Gasteiger partial charge in [0.05, 0.1) is 0 Å². The van der Waals surface area contributed by atoms with Gasteiger partial charge < -0.3 is 0 Å². The van der Waals surface area contributed by atoms with Gasteiger partial charge in [-0.3, -0.25) is 4.79 Å². The second-order valence-corrected chi connectivity index (χ2v) is 4.29. The molecule has 0 aromatic carbocycles. The quantitative estimate of drug-likeness (QED) is 0.388. The summed E-state index contributed by atoms with van der Waals surface area (Å²) in [5.74, 6) is -0.0528. The molecule has 0 aliphatic carbocycles. The zero-order valence-electron chi connectivity index (χ0n) is 10.8. The van der Waals surface area contributed by atoms with Gasteiger partial charge in [0, 0.05) is 0 Å². The molecule has 1 nitrogen and oxygen atoms in total. The molecular weight excluding hydrogens is 196 g/mol. The maximum atomic E-state index is 11.2. The molecule has 0 spiro atoms. The summed E-state index contributed by atoms with van der Waals surface area (Å²) >= 11 is 0. The summed E-state index contributed by atoms with van der Waals surface area (Å²) in [6, 6.07) is 0. The Labute approximate surface area is 101 Å². The number of rotatable bonds is 10. The molecule has 0 aliphatic rings. The Morgan fingerprint density at radius 3 is 1.88 bits per heavy atom. The van der Waals surface area contributed by atoms with E-state index in [-0.39, 0.29) is 5.78 Å². The van der Waals surface area contributed by atoms with Crippen molar-refractivity contribution in [2.24, 2.45) is 0 Å². The Balaban J connectivity index is 4.09. The largest absolute Gasteiger partial charge is 0.290 e. The minimum Gasteiger partial charge on any atom is -0.290 e. The number of carbonyl (C=O) groups is 1. The topological polar surface area (TPSA) is 17.1 Å². The molecular formula is C15H25O. The number of allylic oxidation sites excluding steroid dienone is 3. The lowest BCUT2D eigenvalue weighted by molar-refractivity contribution is -0.110. The zero-order valence-corrected chi connectivity index (χ0v) is 10.8.